The summed E-state index contributed by atoms with van der Waals surface area (Å²) >= 11 is 5.91. The molecule has 0 spiro atoms. The summed E-state index contributed by atoms with van der Waals surface area (Å²) in [7, 11) is 0. The molecule has 1 aromatic rings. The number of nitro groups is 1. The molecule has 0 fully saturated rings. The van der Waals surface area contributed by atoms with Crippen LogP contribution >= 0.6 is 11.6 Å². The van der Waals surface area contributed by atoms with E-state index in [2.05, 4.69) is 0 Å². The smallest absolute Gasteiger partial charge is 0.274 e. The van der Waals surface area contributed by atoms with Gasteiger partial charge in [0.1, 0.15) is 0 Å². The Hall–Kier alpha value is -1.13. The Bertz CT molecular complexity index is 366. The van der Waals surface area contributed by atoms with Crippen LogP contribution in [0.15, 0.2) is 18.2 Å². The van der Waals surface area contributed by atoms with Crippen LogP contribution in [0.1, 0.15) is 18.9 Å². The van der Waals surface area contributed by atoms with E-state index in [1.54, 1.807) is 12.1 Å². The van der Waals surface area contributed by atoms with Crippen molar-refractivity contribution in [2.24, 2.45) is 5.73 Å². The van der Waals surface area contributed by atoms with Crippen molar-refractivity contribution in [3.05, 3.63) is 38.9 Å². The van der Waals surface area contributed by atoms with Crippen LogP contribution in [0.3, 0.4) is 0 Å². The summed E-state index contributed by atoms with van der Waals surface area (Å²) in [4.78, 5) is 10.3. The van der Waals surface area contributed by atoms with Crippen molar-refractivity contribution < 1.29 is 4.92 Å². The summed E-state index contributed by atoms with van der Waals surface area (Å²) in [5, 5.41) is 11.2. The van der Waals surface area contributed by atoms with E-state index in [9.17, 15) is 10.1 Å². The Labute approximate surface area is 93.2 Å². The van der Waals surface area contributed by atoms with Crippen molar-refractivity contribution in [1.29, 1.82) is 0 Å². The second-order valence-corrected chi connectivity index (χ2v) is 3.92. The van der Waals surface area contributed by atoms with Crippen LogP contribution < -0.4 is 5.73 Å². The van der Waals surface area contributed by atoms with E-state index in [0.717, 1.165) is 0 Å². The maximum Gasteiger partial charge on any atom is 0.274 e. The van der Waals surface area contributed by atoms with Crippen molar-refractivity contribution in [3.63, 3.8) is 0 Å². The summed E-state index contributed by atoms with van der Waals surface area (Å²) < 4.78 is 0. The zero-order valence-electron chi connectivity index (χ0n) is 8.44. The number of nitro benzene ring substituents is 1. The summed E-state index contributed by atoms with van der Waals surface area (Å²) in [6.07, 6.45) is 1.22. The molecule has 0 heterocycles. The highest BCUT2D eigenvalue weighted by Gasteiger charge is 2.16. The van der Waals surface area contributed by atoms with E-state index in [-0.39, 0.29) is 11.7 Å². The third-order valence-electron chi connectivity index (χ3n) is 2.14. The molecular weight excluding hydrogens is 216 g/mol. The monoisotopic (exact) mass is 228 g/mol. The van der Waals surface area contributed by atoms with Gasteiger partial charge in [0.2, 0.25) is 0 Å². The van der Waals surface area contributed by atoms with Crippen molar-refractivity contribution in [3.8, 4) is 0 Å². The Morgan fingerprint density at radius 3 is 2.80 bits per heavy atom. The number of hydrogen-bond acceptors (Lipinski definition) is 3. The molecule has 0 amide bonds. The maximum atomic E-state index is 10.7. The number of benzene rings is 1. The van der Waals surface area contributed by atoms with Gasteiger partial charge in [0, 0.05) is 17.7 Å². The largest absolute Gasteiger partial charge is 0.328 e. The summed E-state index contributed by atoms with van der Waals surface area (Å²) in [5.74, 6) is 0. The molecule has 1 aromatic carbocycles. The van der Waals surface area contributed by atoms with E-state index in [4.69, 9.17) is 17.3 Å². The summed E-state index contributed by atoms with van der Waals surface area (Å²) in [6, 6.07) is 4.71. The fraction of sp³-hybridized carbons (Fsp3) is 0.400. The normalized spacial score (nSPS) is 12.5. The Balaban J connectivity index is 2.97. The zero-order chi connectivity index (χ0) is 11.4. The van der Waals surface area contributed by atoms with Gasteiger partial charge in [-0.1, -0.05) is 17.7 Å². The van der Waals surface area contributed by atoms with Gasteiger partial charge in [-0.25, -0.2) is 0 Å². The first kappa shape index (κ1) is 11.9. The van der Waals surface area contributed by atoms with Gasteiger partial charge in [-0.05, 0) is 25.8 Å². The molecule has 4 nitrogen and oxygen atoms in total. The molecule has 0 bridgehead atoms. The minimum atomic E-state index is -0.414. The first-order chi connectivity index (χ1) is 7.02. The Kier molecular flexibility index (Phi) is 4.05. The Morgan fingerprint density at radius 2 is 2.27 bits per heavy atom. The summed E-state index contributed by atoms with van der Waals surface area (Å²) in [6.45, 7) is 1.86. The molecule has 0 aliphatic heterocycles. The van der Waals surface area contributed by atoms with Gasteiger partial charge in [0.05, 0.1) is 9.95 Å². The number of hydrogen-bond donors (Lipinski definition) is 1. The molecule has 1 atom stereocenters. The first-order valence-corrected chi connectivity index (χ1v) is 5.07. The van der Waals surface area contributed by atoms with Crippen LogP contribution in [-0.4, -0.2) is 11.0 Å². The second kappa shape index (κ2) is 5.09. The van der Waals surface area contributed by atoms with Gasteiger partial charge < -0.3 is 5.73 Å². The van der Waals surface area contributed by atoms with Crippen molar-refractivity contribution >= 4 is 17.3 Å². The lowest BCUT2D eigenvalue weighted by atomic mass is 10.0. The highest BCUT2D eigenvalue weighted by molar-refractivity contribution is 6.31. The molecule has 0 saturated heterocycles. The summed E-state index contributed by atoms with van der Waals surface area (Å²) in [5.41, 5.74) is 6.25. The molecule has 5 heteroatoms. The van der Waals surface area contributed by atoms with Crippen LogP contribution in [-0.2, 0) is 6.42 Å². The van der Waals surface area contributed by atoms with Crippen LogP contribution in [0.4, 0.5) is 5.69 Å². The number of rotatable bonds is 4. The molecule has 0 aromatic heterocycles. The van der Waals surface area contributed by atoms with Crippen molar-refractivity contribution in [1.82, 2.24) is 0 Å². The van der Waals surface area contributed by atoms with Gasteiger partial charge >= 0.3 is 0 Å². The fourth-order valence-electron chi connectivity index (χ4n) is 1.34. The number of nitrogens with zero attached hydrogens (tertiary/aromatic N) is 1. The molecular formula is C10H13ClN2O2. The van der Waals surface area contributed by atoms with Crippen LogP contribution in [0.5, 0.6) is 0 Å². The molecule has 2 N–H and O–H groups in total. The van der Waals surface area contributed by atoms with E-state index < -0.39 is 4.92 Å². The Morgan fingerprint density at radius 1 is 1.60 bits per heavy atom. The fourth-order valence-corrected chi connectivity index (χ4v) is 1.60. The molecule has 0 saturated carbocycles. The van der Waals surface area contributed by atoms with Gasteiger partial charge in [-0.15, -0.1) is 0 Å². The average Bonchev–Trinajstić information content (AvgIpc) is 2.15. The molecule has 15 heavy (non-hydrogen) atoms. The molecule has 82 valence electrons. The highest BCUT2D eigenvalue weighted by atomic mass is 35.5. The molecule has 0 aliphatic carbocycles. The van der Waals surface area contributed by atoms with Crippen LogP contribution in [0.2, 0.25) is 5.02 Å². The molecule has 0 aliphatic rings. The lowest BCUT2D eigenvalue weighted by molar-refractivity contribution is -0.385. The van der Waals surface area contributed by atoms with Crippen molar-refractivity contribution in [2.75, 3.05) is 0 Å². The molecule has 0 radical (unpaired) electrons. The SMILES string of the molecule is C[C@H](N)CCc1c(Cl)cccc1[N+](=O)[O-]. The third-order valence-corrected chi connectivity index (χ3v) is 2.49. The predicted octanol–water partition coefficient (Wildman–Crippen LogP) is 2.53. The van der Waals surface area contributed by atoms with Crippen LogP contribution in [0.25, 0.3) is 0 Å². The standard InChI is InChI=1S/C10H13ClN2O2/c1-7(12)5-6-8-9(11)3-2-4-10(8)13(14)15/h2-4,7H,5-6,12H2,1H3/t7-/m0/s1. The van der Waals surface area contributed by atoms with Gasteiger partial charge in [-0.2, -0.15) is 0 Å². The lowest BCUT2D eigenvalue weighted by Gasteiger charge is -2.07. The minimum Gasteiger partial charge on any atom is -0.328 e. The quantitative estimate of drug-likeness (QED) is 0.636. The van der Waals surface area contributed by atoms with Gasteiger partial charge in [-0.3, -0.25) is 10.1 Å². The first-order valence-electron chi connectivity index (χ1n) is 4.69. The second-order valence-electron chi connectivity index (χ2n) is 3.51. The minimum absolute atomic E-state index is 0.0147. The molecule has 0 unspecified atom stereocenters. The maximum absolute atomic E-state index is 10.7. The predicted molar refractivity (Wildman–Crippen MR) is 60.1 cm³/mol. The van der Waals surface area contributed by atoms with E-state index in [1.807, 2.05) is 6.92 Å². The van der Waals surface area contributed by atoms with Crippen LogP contribution in [0, 0.1) is 10.1 Å². The van der Waals surface area contributed by atoms with E-state index in [0.29, 0.717) is 23.4 Å². The number of nitrogens with two attached hydrogens (primary N) is 1. The van der Waals surface area contributed by atoms with E-state index >= 15 is 0 Å². The van der Waals surface area contributed by atoms with Crippen molar-refractivity contribution in [2.45, 2.75) is 25.8 Å². The topological polar surface area (TPSA) is 69.2 Å². The highest BCUT2D eigenvalue weighted by Crippen LogP contribution is 2.27. The molecule has 1 rings (SSSR count). The zero-order valence-corrected chi connectivity index (χ0v) is 9.20. The lowest BCUT2D eigenvalue weighted by Crippen LogP contribution is -2.15. The average molecular weight is 229 g/mol. The van der Waals surface area contributed by atoms with Gasteiger partial charge in [0.25, 0.3) is 5.69 Å². The van der Waals surface area contributed by atoms with E-state index in [1.165, 1.54) is 6.07 Å². The third kappa shape index (κ3) is 3.18. The van der Waals surface area contributed by atoms with Gasteiger partial charge in [0.15, 0.2) is 0 Å². The number of halogens is 1.